The molecule has 0 atom stereocenters. The van der Waals surface area contributed by atoms with Crippen LogP contribution in [0.15, 0.2) is 94.3 Å². The van der Waals surface area contributed by atoms with Crippen LogP contribution in [0.5, 0.6) is 0 Å². The lowest BCUT2D eigenvalue weighted by atomic mass is 10.2. The Labute approximate surface area is 156 Å². The van der Waals surface area contributed by atoms with Gasteiger partial charge in [0, 0.05) is 5.56 Å². The maximum Gasteiger partial charge on any atom is 0.261 e. The molecule has 7 heteroatoms. The van der Waals surface area contributed by atoms with Gasteiger partial charge in [0.2, 0.25) is 5.82 Å². The van der Waals surface area contributed by atoms with Gasteiger partial charge in [-0.25, -0.2) is 8.42 Å². The molecule has 134 valence electrons. The van der Waals surface area contributed by atoms with E-state index in [9.17, 15) is 8.42 Å². The molecule has 4 rings (SSSR count). The zero-order chi connectivity index (χ0) is 18.7. The van der Waals surface area contributed by atoms with Crippen LogP contribution in [0.1, 0.15) is 0 Å². The van der Waals surface area contributed by atoms with Crippen LogP contribution in [0, 0.1) is 0 Å². The lowest BCUT2D eigenvalue weighted by Gasteiger charge is -2.10. The van der Waals surface area contributed by atoms with Gasteiger partial charge in [0.05, 0.1) is 16.1 Å². The van der Waals surface area contributed by atoms with Crippen molar-refractivity contribution < 1.29 is 12.9 Å². The summed E-state index contributed by atoms with van der Waals surface area (Å²) < 4.78 is 33.2. The van der Waals surface area contributed by atoms with Crippen LogP contribution < -0.4 is 4.72 Å². The molecule has 0 fully saturated rings. The molecule has 27 heavy (non-hydrogen) atoms. The summed E-state index contributed by atoms with van der Waals surface area (Å²) in [5.74, 6) is 0.673. The van der Waals surface area contributed by atoms with Crippen molar-refractivity contribution in [2.24, 2.45) is 0 Å². The molecule has 0 spiro atoms. The topological polar surface area (TPSA) is 85.1 Å². The summed E-state index contributed by atoms with van der Waals surface area (Å²) >= 11 is 0. The van der Waals surface area contributed by atoms with Gasteiger partial charge in [-0.3, -0.25) is 4.72 Å². The van der Waals surface area contributed by atoms with Gasteiger partial charge in [-0.15, -0.1) is 0 Å². The standard InChI is InChI=1S/C20H15N3O3S/c24-27(25,16-11-5-2-6-12-16)23-18-14-8-7-13-17(18)20-21-19(22-26-20)15-9-3-1-4-10-15/h1-14,23H. The van der Waals surface area contributed by atoms with E-state index in [0.29, 0.717) is 17.1 Å². The average Bonchev–Trinajstić information content (AvgIpc) is 3.20. The fourth-order valence-corrected chi connectivity index (χ4v) is 3.70. The summed E-state index contributed by atoms with van der Waals surface area (Å²) in [5, 5.41) is 4.00. The molecule has 0 aliphatic carbocycles. The predicted molar refractivity (Wildman–Crippen MR) is 102 cm³/mol. The fourth-order valence-electron chi connectivity index (χ4n) is 2.60. The second-order valence-electron chi connectivity index (χ2n) is 5.75. The van der Waals surface area contributed by atoms with E-state index in [0.717, 1.165) is 5.56 Å². The Morgan fingerprint density at radius 1 is 0.778 bits per heavy atom. The van der Waals surface area contributed by atoms with Crippen molar-refractivity contribution in [3.63, 3.8) is 0 Å². The van der Waals surface area contributed by atoms with Crippen molar-refractivity contribution in [1.29, 1.82) is 0 Å². The molecule has 0 aliphatic heterocycles. The quantitative estimate of drug-likeness (QED) is 0.563. The summed E-state index contributed by atoms with van der Waals surface area (Å²) in [6.45, 7) is 0. The summed E-state index contributed by atoms with van der Waals surface area (Å²) in [5.41, 5.74) is 1.69. The van der Waals surface area contributed by atoms with Gasteiger partial charge < -0.3 is 4.52 Å². The maximum atomic E-state index is 12.6. The third-order valence-electron chi connectivity index (χ3n) is 3.91. The zero-order valence-corrected chi connectivity index (χ0v) is 14.9. The molecule has 1 heterocycles. The molecule has 1 N–H and O–H groups in total. The first kappa shape index (κ1) is 17.0. The third kappa shape index (κ3) is 3.58. The molecule has 0 bridgehead atoms. The van der Waals surface area contributed by atoms with Crippen LogP contribution in [0.2, 0.25) is 0 Å². The van der Waals surface area contributed by atoms with E-state index in [1.54, 1.807) is 42.5 Å². The molecule has 0 saturated carbocycles. The normalized spacial score (nSPS) is 11.3. The highest BCUT2D eigenvalue weighted by atomic mass is 32.2. The van der Waals surface area contributed by atoms with Gasteiger partial charge in [0.25, 0.3) is 15.9 Å². The van der Waals surface area contributed by atoms with Crippen LogP contribution in [0.3, 0.4) is 0 Å². The van der Waals surface area contributed by atoms with Crippen LogP contribution >= 0.6 is 0 Å². The molecular formula is C20H15N3O3S. The number of benzene rings is 3. The van der Waals surface area contributed by atoms with E-state index in [1.807, 2.05) is 30.3 Å². The van der Waals surface area contributed by atoms with Crippen molar-refractivity contribution in [3.05, 3.63) is 84.9 Å². The Kier molecular flexibility index (Phi) is 4.43. The SMILES string of the molecule is O=S(=O)(Nc1ccccc1-c1nc(-c2ccccc2)no1)c1ccccc1. The minimum atomic E-state index is -3.73. The monoisotopic (exact) mass is 377 g/mol. The van der Waals surface area contributed by atoms with Crippen molar-refractivity contribution in [3.8, 4) is 22.8 Å². The molecule has 0 amide bonds. The number of nitrogens with one attached hydrogen (secondary N) is 1. The highest BCUT2D eigenvalue weighted by Crippen LogP contribution is 2.30. The molecule has 1 aromatic heterocycles. The fraction of sp³-hybridized carbons (Fsp3) is 0. The number of para-hydroxylation sites is 1. The molecule has 6 nitrogen and oxygen atoms in total. The van der Waals surface area contributed by atoms with Gasteiger partial charge in [0.1, 0.15) is 0 Å². The van der Waals surface area contributed by atoms with Gasteiger partial charge in [-0.05, 0) is 24.3 Å². The van der Waals surface area contributed by atoms with Crippen molar-refractivity contribution in [2.45, 2.75) is 4.90 Å². The van der Waals surface area contributed by atoms with E-state index < -0.39 is 10.0 Å². The summed E-state index contributed by atoms with van der Waals surface area (Å²) in [4.78, 5) is 4.58. The second-order valence-corrected chi connectivity index (χ2v) is 7.44. The second kappa shape index (κ2) is 7.05. The number of anilines is 1. The van der Waals surface area contributed by atoms with Crippen molar-refractivity contribution in [1.82, 2.24) is 10.1 Å². The Morgan fingerprint density at radius 3 is 2.15 bits per heavy atom. The Balaban J connectivity index is 1.70. The van der Waals surface area contributed by atoms with Crippen LogP contribution in [-0.2, 0) is 10.0 Å². The summed E-state index contributed by atoms with van der Waals surface area (Å²) in [7, 11) is -3.73. The summed E-state index contributed by atoms with van der Waals surface area (Å²) in [6.07, 6.45) is 0. The van der Waals surface area contributed by atoms with Gasteiger partial charge in [-0.1, -0.05) is 65.8 Å². The van der Waals surface area contributed by atoms with E-state index in [2.05, 4.69) is 14.9 Å². The lowest BCUT2D eigenvalue weighted by molar-refractivity contribution is 0.432. The van der Waals surface area contributed by atoms with E-state index >= 15 is 0 Å². The minimum absolute atomic E-state index is 0.176. The lowest BCUT2D eigenvalue weighted by Crippen LogP contribution is -2.13. The number of aromatic nitrogens is 2. The van der Waals surface area contributed by atoms with Crippen LogP contribution in [-0.4, -0.2) is 18.6 Å². The largest absolute Gasteiger partial charge is 0.334 e. The Bertz CT molecular complexity index is 1160. The van der Waals surface area contributed by atoms with Crippen molar-refractivity contribution >= 4 is 15.7 Å². The van der Waals surface area contributed by atoms with Gasteiger partial charge >= 0.3 is 0 Å². The average molecular weight is 377 g/mol. The van der Waals surface area contributed by atoms with Crippen LogP contribution in [0.25, 0.3) is 22.8 Å². The molecule has 0 unspecified atom stereocenters. The molecule has 3 aromatic carbocycles. The van der Waals surface area contributed by atoms with Crippen LogP contribution in [0.4, 0.5) is 5.69 Å². The first-order valence-electron chi connectivity index (χ1n) is 8.20. The maximum absolute atomic E-state index is 12.6. The van der Waals surface area contributed by atoms with E-state index in [-0.39, 0.29) is 10.8 Å². The number of sulfonamides is 1. The molecule has 0 aliphatic rings. The third-order valence-corrected chi connectivity index (χ3v) is 5.29. The molecule has 0 saturated heterocycles. The zero-order valence-electron chi connectivity index (χ0n) is 14.1. The minimum Gasteiger partial charge on any atom is -0.334 e. The molecular weight excluding hydrogens is 362 g/mol. The first-order chi connectivity index (χ1) is 13.1. The smallest absolute Gasteiger partial charge is 0.261 e. The molecule has 0 radical (unpaired) electrons. The highest BCUT2D eigenvalue weighted by molar-refractivity contribution is 7.92. The first-order valence-corrected chi connectivity index (χ1v) is 9.68. The number of nitrogens with zero attached hydrogens (tertiary/aromatic N) is 2. The summed E-state index contributed by atoms with van der Waals surface area (Å²) in [6, 6.07) is 24.5. The Hall–Kier alpha value is -3.45. The predicted octanol–water partition coefficient (Wildman–Crippen LogP) is 4.20. The van der Waals surface area contributed by atoms with Gasteiger partial charge in [-0.2, -0.15) is 4.98 Å². The number of hydrogen-bond donors (Lipinski definition) is 1. The Morgan fingerprint density at radius 2 is 1.41 bits per heavy atom. The van der Waals surface area contributed by atoms with E-state index in [4.69, 9.17) is 4.52 Å². The van der Waals surface area contributed by atoms with Crippen molar-refractivity contribution in [2.75, 3.05) is 4.72 Å². The van der Waals surface area contributed by atoms with E-state index in [1.165, 1.54) is 12.1 Å². The highest BCUT2D eigenvalue weighted by Gasteiger charge is 2.19. The van der Waals surface area contributed by atoms with Gasteiger partial charge in [0.15, 0.2) is 0 Å². The number of rotatable bonds is 5. The number of hydrogen-bond acceptors (Lipinski definition) is 5. The molecule has 4 aromatic rings.